The third kappa shape index (κ3) is 14.7. The topological polar surface area (TPSA) is 103 Å². The maximum absolute atomic E-state index is 11.4. The first kappa shape index (κ1) is 20.3. The molecule has 0 bridgehead atoms. The summed E-state index contributed by atoms with van der Waals surface area (Å²) in [6, 6.07) is 0. The number of carbonyl (C=O) groups excluding carboxylic acids is 3. The maximum Gasteiger partial charge on any atom is 0.305 e. The highest BCUT2D eigenvalue weighted by molar-refractivity contribution is 5.76. The van der Waals surface area contributed by atoms with Crippen molar-refractivity contribution in [2.45, 2.75) is 26.2 Å². The Labute approximate surface area is 130 Å². The first-order chi connectivity index (χ1) is 10.7. The molecule has 0 saturated carbocycles. The molecule has 128 valence electrons. The van der Waals surface area contributed by atoms with Crippen molar-refractivity contribution in [2.75, 3.05) is 46.1 Å². The normalized spacial score (nSPS) is 10.0. The van der Waals surface area contributed by atoms with E-state index in [0.29, 0.717) is 65.4 Å². The highest BCUT2D eigenvalue weighted by Crippen LogP contribution is 1.97. The fourth-order valence-corrected chi connectivity index (χ4v) is 1.49. The Hall–Kier alpha value is -1.67. The quantitative estimate of drug-likeness (QED) is 0.242. The van der Waals surface area contributed by atoms with Crippen molar-refractivity contribution in [3.05, 3.63) is 0 Å². The molecule has 0 aromatic carbocycles. The molecule has 0 radical (unpaired) electrons. The van der Waals surface area contributed by atoms with E-state index < -0.39 is 0 Å². The van der Waals surface area contributed by atoms with Crippen LogP contribution in [0.3, 0.4) is 0 Å². The lowest BCUT2D eigenvalue weighted by Gasteiger charge is -2.07. The van der Waals surface area contributed by atoms with Crippen LogP contribution in [-0.4, -0.2) is 64.4 Å². The van der Waals surface area contributed by atoms with Gasteiger partial charge in [-0.15, -0.1) is 0 Å². The summed E-state index contributed by atoms with van der Waals surface area (Å²) in [5.41, 5.74) is 0. The van der Waals surface area contributed by atoms with Gasteiger partial charge >= 0.3 is 5.97 Å². The van der Waals surface area contributed by atoms with Crippen molar-refractivity contribution in [2.24, 2.45) is 0 Å². The average molecular weight is 318 g/mol. The highest BCUT2D eigenvalue weighted by Gasteiger charge is 2.05. The van der Waals surface area contributed by atoms with E-state index in [2.05, 4.69) is 10.6 Å². The second-order valence-corrected chi connectivity index (χ2v) is 4.31. The van der Waals surface area contributed by atoms with Crippen LogP contribution in [-0.2, 0) is 28.6 Å². The Morgan fingerprint density at radius 1 is 1.00 bits per heavy atom. The van der Waals surface area contributed by atoms with Crippen LogP contribution in [0.5, 0.6) is 0 Å². The van der Waals surface area contributed by atoms with Gasteiger partial charge < -0.3 is 24.8 Å². The summed E-state index contributed by atoms with van der Waals surface area (Å²) < 4.78 is 15.2. The summed E-state index contributed by atoms with van der Waals surface area (Å²) in [6.45, 7) is 4.72. The summed E-state index contributed by atoms with van der Waals surface area (Å²) in [5.74, 6) is -0.383. The summed E-state index contributed by atoms with van der Waals surface area (Å²) in [4.78, 5) is 32.4. The van der Waals surface area contributed by atoms with E-state index in [9.17, 15) is 14.4 Å². The molecule has 2 N–H and O–H groups in total. The highest BCUT2D eigenvalue weighted by atomic mass is 16.5. The molecule has 0 rings (SSSR count). The molecule has 0 saturated heterocycles. The van der Waals surface area contributed by atoms with Crippen LogP contribution in [0.15, 0.2) is 0 Å². The molecule has 0 aromatic heterocycles. The second kappa shape index (κ2) is 15.7. The Bertz CT molecular complexity index is 312. The molecule has 0 spiro atoms. The lowest BCUT2D eigenvalue weighted by molar-refractivity contribution is -0.143. The fourth-order valence-electron chi connectivity index (χ4n) is 1.49. The van der Waals surface area contributed by atoms with E-state index >= 15 is 0 Å². The van der Waals surface area contributed by atoms with Crippen molar-refractivity contribution >= 4 is 18.3 Å². The zero-order chi connectivity index (χ0) is 16.5. The first-order valence-electron chi connectivity index (χ1n) is 7.45. The molecule has 0 aromatic rings. The molecular formula is C14H26N2O6. The number of carbonyl (C=O) groups is 3. The van der Waals surface area contributed by atoms with Crippen molar-refractivity contribution in [3.8, 4) is 0 Å². The van der Waals surface area contributed by atoms with Gasteiger partial charge in [0.2, 0.25) is 12.3 Å². The van der Waals surface area contributed by atoms with Gasteiger partial charge in [-0.1, -0.05) is 0 Å². The SMILES string of the molecule is CCOC(=O)CCCC(=O)NCCOCCOCCNC=O. The molecular weight excluding hydrogens is 292 g/mol. The van der Waals surface area contributed by atoms with E-state index in [1.165, 1.54) is 0 Å². The van der Waals surface area contributed by atoms with E-state index in [1.807, 2.05) is 0 Å². The van der Waals surface area contributed by atoms with Crippen LogP contribution in [0, 0.1) is 0 Å². The number of amides is 2. The summed E-state index contributed by atoms with van der Waals surface area (Å²) >= 11 is 0. The smallest absolute Gasteiger partial charge is 0.305 e. The van der Waals surface area contributed by atoms with Crippen molar-refractivity contribution in [1.82, 2.24) is 10.6 Å². The van der Waals surface area contributed by atoms with E-state index in [-0.39, 0.29) is 18.3 Å². The average Bonchev–Trinajstić information content (AvgIpc) is 2.49. The summed E-state index contributed by atoms with van der Waals surface area (Å²) in [7, 11) is 0. The number of rotatable bonds is 15. The van der Waals surface area contributed by atoms with Gasteiger partial charge in [0, 0.05) is 25.9 Å². The summed E-state index contributed by atoms with van der Waals surface area (Å²) in [6.07, 6.45) is 1.66. The maximum atomic E-state index is 11.4. The zero-order valence-corrected chi connectivity index (χ0v) is 13.1. The van der Waals surface area contributed by atoms with Gasteiger partial charge in [0.15, 0.2) is 0 Å². The van der Waals surface area contributed by atoms with Gasteiger partial charge in [-0.05, 0) is 13.3 Å². The van der Waals surface area contributed by atoms with Crippen LogP contribution >= 0.6 is 0 Å². The van der Waals surface area contributed by atoms with E-state index in [1.54, 1.807) is 6.92 Å². The predicted molar refractivity (Wildman–Crippen MR) is 79.2 cm³/mol. The molecule has 0 atom stereocenters. The minimum absolute atomic E-state index is 0.107. The minimum atomic E-state index is -0.276. The molecule has 0 fully saturated rings. The Morgan fingerprint density at radius 2 is 1.68 bits per heavy atom. The van der Waals surface area contributed by atoms with Crippen LogP contribution < -0.4 is 10.6 Å². The number of esters is 1. The molecule has 0 unspecified atom stereocenters. The fraction of sp³-hybridized carbons (Fsp3) is 0.786. The number of hydrogen-bond donors (Lipinski definition) is 2. The van der Waals surface area contributed by atoms with Crippen LogP contribution in [0.4, 0.5) is 0 Å². The molecule has 22 heavy (non-hydrogen) atoms. The Balaban J connectivity index is 3.24. The molecule has 0 aliphatic carbocycles. The number of hydrogen-bond acceptors (Lipinski definition) is 6. The minimum Gasteiger partial charge on any atom is -0.466 e. The first-order valence-corrected chi connectivity index (χ1v) is 7.45. The van der Waals surface area contributed by atoms with Gasteiger partial charge in [0.1, 0.15) is 0 Å². The largest absolute Gasteiger partial charge is 0.466 e. The van der Waals surface area contributed by atoms with E-state index in [0.717, 1.165) is 0 Å². The van der Waals surface area contributed by atoms with Crippen molar-refractivity contribution in [3.63, 3.8) is 0 Å². The molecule has 0 heterocycles. The predicted octanol–water partition coefficient (Wildman–Crippen LogP) is -0.385. The van der Waals surface area contributed by atoms with Crippen molar-refractivity contribution in [1.29, 1.82) is 0 Å². The van der Waals surface area contributed by atoms with Gasteiger partial charge in [0.25, 0.3) is 0 Å². The van der Waals surface area contributed by atoms with Gasteiger partial charge in [-0.25, -0.2) is 0 Å². The van der Waals surface area contributed by atoms with Gasteiger partial charge in [-0.2, -0.15) is 0 Å². The lowest BCUT2D eigenvalue weighted by atomic mass is 10.2. The standard InChI is InChI=1S/C14H26N2O6/c1-2-22-14(19)5-3-4-13(18)16-7-9-21-11-10-20-8-6-15-12-17/h12H,2-11H2,1H3,(H,15,17)(H,16,18). The van der Waals surface area contributed by atoms with Crippen LogP contribution in [0.1, 0.15) is 26.2 Å². The number of ether oxygens (including phenoxy) is 3. The second-order valence-electron chi connectivity index (χ2n) is 4.31. The van der Waals surface area contributed by atoms with Gasteiger partial charge in [-0.3, -0.25) is 14.4 Å². The number of nitrogens with one attached hydrogen (secondary N) is 2. The Morgan fingerprint density at radius 3 is 2.32 bits per heavy atom. The monoisotopic (exact) mass is 318 g/mol. The molecule has 0 aliphatic heterocycles. The van der Waals surface area contributed by atoms with Crippen molar-refractivity contribution < 1.29 is 28.6 Å². The zero-order valence-electron chi connectivity index (χ0n) is 13.1. The van der Waals surface area contributed by atoms with Crippen LogP contribution in [0.25, 0.3) is 0 Å². The molecule has 2 amide bonds. The molecule has 0 aliphatic rings. The molecule has 8 nitrogen and oxygen atoms in total. The Kier molecular flexibility index (Phi) is 14.5. The third-order valence-corrected chi connectivity index (χ3v) is 2.50. The lowest BCUT2D eigenvalue weighted by Crippen LogP contribution is -2.27. The van der Waals surface area contributed by atoms with E-state index in [4.69, 9.17) is 14.2 Å². The summed E-state index contributed by atoms with van der Waals surface area (Å²) in [5, 5.41) is 5.18. The molecule has 8 heteroatoms. The van der Waals surface area contributed by atoms with Gasteiger partial charge in [0.05, 0.1) is 33.0 Å². The van der Waals surface area contributed by atoms with Crippen LogP contribution in [0.2, 0.25) is 0 Å². The third-order valence-electron chi connectivity index (χ3n) is 2.50.